The fourth-order valence-electron chi connectivity index (χ4n) is 2.41. The Morgan fingerprint density at radius 3 is 2.38 bits per heavy atom. The van der Waals surface area contributed by atoms with E-state index < -0.39 is 6.10 Å². The van der Waals surface area contributed by atoms with Crippen LogP contribution in [0.25, 0.3) is 10.8 Å². The molecule has 0 fully saturated rings. The first-order valence-corrected chi connectivity index (χ1v) is 8.26. The topological polar surface area (TPSA) is 67.4 Å². The van der Waals surface area contributed by atoms with Gasteiger partial charge in [-0.25, -0.2) is 0 Å². The molecule has 5 nitrogen and oxygen atoms in total. The van der Waals surface area contributed by atoms with Crippen molar-refractivity contribution < 1.29 is 14.3 Å². The first-order valence-electron chi connectivity index (χ1n) is 8.26. The zero-order chi connectivity index (χ0) is 17.5. The number of carbonyl (C=O) groups is 2. The summed E-state index contributed by atoms with van der Waals surface area (Å²) in [4.78, 5) is 23.8. The van der Waals surface area contributed by atoms with Crippen LogP contribution in [0.15, 0.2) is 42.5 Å². The highest BCUT2D eigenvalue weighted by atomic mass is 16.5. The number of rotatable bonds is 6. The molecule has 2 N–H and O–H groups in total. The molecule has 2 aromatic rings. The van der Waals surface area contributed by atoms with E-state index in [1.165, 1.54) is 0 Å². The summed E-state index contributed by atoms with van der Waals surface area (Å²) in [7, 11) is 0. The Morgan fingerprint density at radius 1 is 1.00 bits per heavy atom. The number of fused-ring (bicyclic) bond motifs is 1. The van der Waals surface area contributed by atoms with Crippen LogP contribution >= 0.6 is 0 Å². The van der Waals surface area contributed by atoms with E-state index in [9.17, 15) is 9.59 Å². The first-order chi connectivity index (χ1) is 11.5. The maximum absolute atomic E-state index is 12.0. The third-order valence-corrected chi connectivity index (χ3v) is 3.88. The molecule has 0 spiro atoms. The van der Waals surface area contributed by atoms with Crippen molar-refractivity contribution in [3.63, 3.8) is 0 Å². The number of hydrazine groups is 1. The molecule has 0 aromatic heterocycles. The first kappa shape index (κ1) is 17.8. The zero-order valence-corrected chi connectivity index (χ0v) is 14.3. The summed E-state index contributed by atoms with van der Waals surface area (Å²) >= 11 is 0. The van der Waals surface area contributed by atoms with Gasteiger partial charge >= 0.3 is 0 Å². The second-order valence-corrected chi connectivity index (χ2v) is 5.94. The normalized spacial score (nSPS) is 13.1. The van der Waals surface area contributed by atoms with E-state index in [0.29, 0.717) is 5.75 Å². The number of amides is 2. The molecule has 2 atom stereocenters. The Labute approximate surface area is 142 Å². The summed E-state index contributed by atoms with van der Waals surface area (Å²) in [6, 6.07) is 13.6. The summed E-state index contributed by atoms with van der Waals surface area (Å²) in [6.45, 7) is 5.49. The molecule has 0 heterocycles. The second-order valence-electron chi connectivity index (χ2n) is 5.94. The van der Waals surface area contributed by atoms with Crippen LogP contribution in [0.4, 0.5) is 0 Å². The molecule has 0 aliphatic rings. The van der Waals surface area contributed by atoms with Crippen LogP contribution in [0, 0.1) is 5.92 Å². The van der Waals surface area contributed by atoms with Crippen molar-refractivity contribution in [2.24, 2.45) is 5.92 Å². The van der Waals surface area contributed by atoms with Gasteiger partial charge in [-0.05, 0) is 36.2 Å². The molecule has 2 amide bonds. The standard InChI is InChI=1S/C19H24N2O3/c1-4-7-13(2)18(22)20-21-19(23)14(3)24-17-11-10-15-8-5-6-9-16(15)12-17/h5-6,8-14H,4,7H2,1-3H3,(H,20,22)(H,21,23). The maximum Gasteiger partial charge on any atom is 0.279 e. The molecular formula is C19H24N2O3. The lowest BCUT2D eigenvalue weighted by Crippen LogP contribution is -2.48. The number of benzene rings is 2. The van der Waals surface area contributed by atoms with Crippen molar-refractivity contribution in [2.45, 2.75) is 39.7 Å². The van der Waals surface area contributed by atoms with Crippen LogP contribution < -0.4 is 15.6 Å². The molecular weight excluding hydrogens is 304 g/mol. The van der Waals surface area contributed by atoms with Crippen molar-refractivity contribution in [3.8, 4) is 5.75 Å². The number of hydrogen-bond donors (Lipinski definition) is 2. The molecule has 0 radical (unpaired) electrons. The Hall–Kier alpha value is -2.56. The number of carbonyl (C=O) groups excluding carboxylic acids is 2. The molecule has 0 saturated carbocycles. The summed E-state index contributed by atoms with van der Waals surface area (Å²) < 4.78 is 5.66. The molecule has 0 saturated heterocycles. The monoisotopic (exact) mass is 328 g/mol. The van der Waals surface area contributed by atoms with E-state index >= 15 is 0 Å². The number of hydrogen-bond acceptors (Lipinski definition) is 3. The molecule has 2 rings (SSSR count). The highest BCUT2D eigenvalue weighted by Crippen LogP contribution is 2.21. The van der Waals surface area contributed by atoms with E-state index in [4.69, 9.17) is 4.74 Å². The fourth-order valence-corrected chi connectivity index (χ4v) is 2.41. The van der Waals surface area contributed by atoms with Gasteiger partial charge in [0.05, 0.1) is 0 Å². The van der Waals surface area contributed by atoms with E-state index in [0.717, 1.165) is 23.6 Å². The Balaban J connectivity index is 1.89. The largest absolute Gasteiger partial charge is 0.481 e. The Kier molecular flexibility index (Phi) is 6.18. The minimum atomic E-state index is -0.715. The van der Waals surface area contributed by atoms with Gasteiger partial charge in [-0.2, -0.15) is 0 Å². The molecule has 0 bridgehead atoms. The average Bonchev–Trinajstić information content (AvgIpc) is 2.59. The molecule has 2 aromatic carbocycles. The summed E-state index contributed by atoms with van der Waals surface area (Å²) in [6.07, 6.45) is 0.988. The minimum absolute atomic E-state index is 0.132. The highest BCUT2D eigenvalue weighted by Gasteiger charge is 2.17. The third kappa shape index (κ3) is 4.72. The smallest absolute Gasteiger partial charge is 0.279 e. The van der Waals surface area contributed by atoms with Crippen LogP contribution in [0.1, 0.15) is 33.6 Å². The number of ether oxygens (including phenoxy) is 1. The van der Waals surface area contributed by atoms with Gasteiger partial charge in [0.1, 0.15) is 5.75 Å². The SMILES string of the molecule is CCCC(C)C(=O)NNC(=O)C(C)Oc1ccc2ccccc2c1. The highest BCUT2D eigenvalue weighted by molar-refractivity contribution is 5.86. The lowest BCUT2D eigenvalue weighted by Gasteiger charge is -2.17. The van der Waals surface area contributed by atoms with Crippen molar-refractivity contribution in [2.75, 3.05) is 0 Å². The van der Waals surface area contributed by atoms with Gasteiger partial charge in [-0.1, -0.05) is 50.6 Å². The van der Waals surface area contributed by atoms with Gasteiger partial charge < -0.3 is 4.74 Å². The Morgan fingerprint density at radius 2 is 1.67 bits per heavy atom. The molecule has 128 valence electrons. The van der Waals surface area contributed by atoms with Gasteiger partial charge in [0.25, 0.3) is 5.91 Å². The van der Waals surface area contributed by atoms with Crippen molar-refractivity contribution in [1.82, 2.24) is 10.9 Å². The Bertz CT molecular complexity index is 715. The van der Waals surface area contributed by atoms with E-state index in [1.807, 2.05) is 56.3 Å². The minimum Gasteiger partial charge on any atom is -0.481 e. The molecule has 2 unspecified atom stereocenters. The summed E-state index contributed by atoms with van der Waals surface area (Å²) in [5.74, 6) is -0.0997. The maximum atomic E-state index is 12.0. The van der Waals surface area contributed by atoms with E-state index in [2.05, 4.69) is 10.9 Å². The second kappa shape index (κ2) is 8.34. The predicted octanol–water partition coefficient (Wildman–Crippen LogP) is 3.19. The quantitative estimate of drug-likeness (QED) is 0.800. The van der Waals surface area contributed by atoms with Gasteiger partial charge in [0, 0.05) is 5.92 Å². The zero-order valence-electron chi connectivity index (χ0n) is 14.3. The van der Waals surface area contributed by atoms with Crippen molar-refractivity contribution in [1.29, 1.82) is 0 Å². The van der Waals surface area contributed by atoms with Crippen LogP contribution in [0.5, 0.6) is 5.75 Å². The van der Waals surface area contributed by atoms with Gasteiger partial charge in [-0.3, -0.25) is 20.4 Å². The average molecular weight is 328 g/mol. The van der Waals surface area contributed by atoms with Crippen LogP contribution in [-0.4, -0.2) is 17.9 Å². The van der Waals surface area contributed by atoms with Gasteiger partial charge in [-0.15, -0.1) is 0 Å². The molecule has 5 heteroatoms. The lowest BCUT2D eigenvalue weighted by atomic mass is 10.1. The van der Waals surface area contributed by atoms with Crippen LogP contribution in [0.3, 0.4) is 0 Å². The summed E-state index contributed by atoms with van der Waals surface area (Å²) in [5, 5.41) is 2.16. The van der Waals surface area contributed by atoms with Crippen LogP contribution in [0.2, 0.25) is 0 Å². The van der Waals surface area contributed by atoms with Gasteiger partial charge in [0.15, 0.2) is 6.10 Å². The predicted molar refractivity (Wildman–Crippen MR) is 94.4 cm³/mol. The third-order valence-electron chi connectivity index (χ3n) is 3.88. The molecule has 0 aliphatic carbocycles. The van der Waals surface area contributed by atoms with E-state index in [1.54, 1.807) is 6.92 Å². The van der Waals surface area contributed by atoms with Gasteiger partial charge in [0.2, 0.25) is 5.91 Å². The molecule has 24 heavy (non-hydrogen) atoms. The molecule has 0 aliphatic heterocycles. The van der Waals surface area contributed by atoms with Crippen molar-refractivity contribution >= 4 is 22.6 Å². The van der Waals surface area contributed by atoms with E-state index in [-0.39, 0.29) is 17.7 Å². The fraction of sp³-hybridized carbons (Fsp3) is 0.368. The lowest BCUT2D eigenvalue weighted by molar-refractivity contribution is -0.134. The summed E-state index contributed by atoms with van der Waals surface area (Å²) in [5.41, 5.74) is 4.86. The van der Waals surface area contributed by atoms with Crippen LogP contribution in [-0.2, 0) is 9.59 Å². The number of nitrogens with one attached hydrogen (secondary N) is 2. The van der Waals surface area contributed by atoms with Crippen molar-refractivity contribution in [3.05, 3.63) is 42.5 Å².